The molecule has 0 radical (unpaired) electrons. The lowest BCUT2D eigenvalue weighted by atomic mass is 9.91. The van der Waals surface area contributed by atoms with Gasteiger partial charge in [-0.2, -0.15) is 0 Å². The molecular weight excluding hydrogens is 624 g/mol. The van der Waals surface area contributed by atoms with E-state index in [0.29, 0.717) is 50.4 Å². The Morgan fingerprint density at radius 1 is 0.918 bits per heavy atom. The maximum atomic E-state index is 12.9. The quantitative estimate of drug-likeness (QED) is 0.0727. The molecule has 0 aliphatic heterocycles. The minimum atomic E-state index is -1.46. The monoisotopic (exact) mass is 678 g/mol. The first-order chi connectivity index (χ1) is 23.6. The van der Waals surface area contributed by atoms with Crippen molar-refractivity contribution in [1.82, 2.24) is 25.5 Å². The fourth-order valence-electron chi connectivity index (χ4n) is 5.78. The van der Waals surface area contributed by atoms with E-state index >= 15 is 0 Å². The van der Waals surface area contributed by atoms with Gasteiger partial charge < -0.3 is 36.8 Å². The number of amides is 2. The van der Waals surface area contributed by atoms with E-state index in [-0.39, 0.29) is 24.1 Å². The number of nitrogens with two attached hydrogens (primary N) is 1. The summed E-state index contributed by atoms with van der Waals surface area (Å²) in [6.07, 6.45) is 4.38. The van der Waals surface area contributed by atoms with Crippen molar-refractivity contribution in [3.8, 4) is 0 Å². The van der Waals surface area contributed by atoms with Gasteiger partial charge in [0.25, 0.3) is 11.8 Å². The van der Waals surface area contributed by atoms with Gasteiger partial charge in [-0.25, -0.2) is 4.98 Å². The number of nitrogens with zero attached hydrogens (tertiary/aromatic N) is 3. The van der Waals surface area contributed by atoms with Crippen LogP contribution in [0.15, 0.2) is 60.9 Å². The number of primary amides is 1. The van der Waals surface area contributed by atoms with Gasteiger partial charge in [0.1, 0.15) is 17.9 Å². The summed E-state index contributed by atoms with van der Waals surface area (Å²) in [4.78, 5) is 35.4. The number of carbonyl (C=O) groups excluding carboxylic acids is 2. The van der Waals surface area contributed by atoms with Gasteiger partial charge in [0.2, 0.25) is 0 Å². The summed E-state index contributed by atoms with van der Waals surface area (Å²) in [5.41, 5.74) is 10.3. The van der Waals surface area contributed by atoms with Crippen molar-refractivity contribution in [2.24, 2.45) is 11.7 Å². The lowest BCUT2D eigenvalue weighted by molar-refractivity contribution is -0.0840. The van der Waals surface area contributed by atoms with Crippen molar-refractivity contribution in [2.45, 2.75) is 77.2 Å². The number of hydrogen-bond acceptors (Lipinski definition) is 10. The zero-order valence-electron chi connectivity index (χ0n) is 28.8. The lowest BCUT2D eigenvalue weighted by Crippen LogP contribution is -2.47. The number of benzene rings is 2. The molecule has 3 rings (SSSR count). The third kappa shape index (κ3) is 13.6. The van der Waals surface area contributed by atoms with Crippen LogP contribution in [0.2, 0.25) is 0 Å². The molecular formula is C37H54N6O6. The van der Waals surface area contributed by atoms with Crippen LogP contribution in [0, 0.1) is 12.8 Å². The van der Waals surface area contributed by atoms with Crippen LogP contribution in [0.25, 0.3) is 0 Å². The van der Waals surface area contributed by atoms with Crippen molar-refractivity contribution in [3.05, 3.63) is 94.6 Å². The first kappa shape index (κ1) is 39.7. The second-order valence-corrected chi connectivity index (χ2v) is 12.7. The Morgan fingerprint density at radius 3 is 2.35 bits per heavy atom. The molecule has 0 unspecified atom stereocenters. The third-order valence-electron chi connectivity index (χ3n) is 8.70. The number of aromatic nitrogens is 2. The molecule has 49 heavy (non-hydrogen) atoms. The molecule has 0 aliphatic carbocycles. The Balaban J connectivity index is 1.54. The first-order valence-electron chi connectivity index (χ1n) is 17.2. The van der Waals surface area contributed by atoms with Crippen LogP contribution in [-0.2, 0) is 19.4 Å². The van der Waals surface area contributed by atoms with Crippen molar-refractivity contribution < 1.29 is 30.0 Å². The number of unbranched alkanes of at least 4 members (excludes halogenated alkanes) is 3. The molecule has 0 fully saturated rings. The molecule has 1 heterocycles. The van der Waals surface area contributed by atoms with Gasteiger partial charge in [-0.1, -0.05) is 62.6 Å². The van der Waals surface area contributed by atoms with Gasteiger partial charge in [-0.05, 0) is 74.0 Å². The number of aryl methyl sites for hydroxylation is 1. The zero-order valence-corrected chi connectivity index (χ0v) is 28.8. The van der Waals surface area contributed by atoms with Crippen LogP contribution >= 0.6 is 0 Å². The van der Waals surface area contributed by atoms with E-state index in [1.165, 1.54) is 17.3 Å². The van der Waals surface area contributed by atoms with Crippen molar-refractivity contribution in [1.29, 1.82) is 0 Å². The summed E-state index contributed by atoms with van der Waals surface area (Å²) in [6.45, 7) is 6.39. The summed E-state index contributed by atoms with van der Waals surface area (Å²) in [5.74, 6) is -0.686. The average Bonchev–Trinajstić information content (AvgIpc) is 3.10. The van der Waals surface area contributed by atoms with Crippen LogP contribution < -0.4 is 16.4 Å². The Labute approximate surface area is 289 Å². The van der Waals surface area contributed by atoms with E-state index < -0.39 is 30.8 Å². The topological polar surface area (TPSA) is 194 Å². The van der Waals surface area contributed by atoms with Crippen molar-refractivity contribution in [2.75, 3.05) is 39.3 Å². The predicted octanol–water partition coefficient (Wildman–Crippen LogP) is 1.76. The number of nitrogens with one attached hydrogen (secondary N) is 2. The number of hydrogen-bond donors (Lipinski definition) is 7. The minimum absolute atomic E-state index is 0.110. The van der Waals surface area contributed by atoms with Crippen LogP contribution in [0.5, 0.6) is 0 Å². The van der Waals surface area contributed by atoms with Crippen LogP contribution in [0.3, 0.4) is 0 Å². The number of aliphatic hydroxyl groups excluding tert-OH is 4. The van der Waals surface area contributed by atoms with Crippen molar-refractivity contribution >= 4 is 11.8 Å². The largest absolute Gasteiger partial charge is 0.394 e. The molecule has 0 bridgehead atoms. The lowest BCUT2D eigenvalue weighted by Gasteiger charge is -2.29. The number of aliphatic hydroxyl groups is 4. The molecule has 2 aromatic carbocycles. The second kappa shape index (κ2) is 21.3. The highest BCUT2D eigenvalue weighted by Crippen LogP contribution is 2.18. The molecule has 2 amide bonds. The third-order valence-corrected chi connectivity index (χ3v) is 8.70. The number of rotatable bonds is 23. The van der Waals surface area contributed by atoms with E-state index in [4.69, 9.17) is 10.8 Å². The zero-order chi connectivity index (χ0) is 35.6. The molecule has 268 valence electrons. The molecule has 12 nitrogen and oxygen atoms in total. The van der Waals surface area contributed by atoms with E-state index in [9.17, 15) is 24.9 Å². The van der Waals surface area contributed by atoms with E-state index in [2.05, 4.69) is 46.6 Å². The molecule has 0 saturated heterocycles. The first-order valence-corrected chi connectivity index (χ1v) is 17.2. The standard InChI is InChI=1S/C37H54N6O6/c1-3-4-5-8-18-43(24-32(45)35(47)33(46)25-44)19-17-42-37(49)29-13-11-27(12-14-29)22-39-23-28(20-30-10-7-6-9-26(30)2)21-31-34(36(38)48)41-16-15-40-31/h6-7,9-16,28,32-33,35,39,44-47H,3-5,8,17-25H2,1-2H3,(H2,38,48)(H,42,49)/t28-,32+,33-,35-/m0/s1. The van der Waals surface area contributed by atoms with Crippen LogP contribution in [0.4, 0.5) is 0 Å². The summed E-state index contributed by atoms with van der Waals surface area (Å²) in [7, 11) is 0. The molecule has 12 heteroatoms. The summed E-state index contributed by atoms with van der Waals surface area (Å²) < 4.78 is 0. The fourth-order valence-corrected chi connectivity index (χ4v) is 5.78. The normalized spacial score (nSPS) is 13.9. The Hall–Kier alpha value is -3.78. The van der Waals surface area contributed by atoms with Crippen molar-refractivity contribution in [3.63, 3.8) is 0 Å². The maximum absolute atomic E-state index is 12.9. The predicted molar refractivity (Wildman–Crippen MR) is 189 cm³/mol. The van der Waals surface area contributed by atoms with Gasteiger partial charge in [0.15, 0.2) is 0 Å². The van der Waals surface area contributed by atoms with Crippen LogP contribution in [-0.4, -0.2) is 105 Å². The van der Waals surface area contributed by atoms with E-state index in [0.717, 1.165) is 37.7 Å². The molecule has 4 atom stereocenters. The van der Waals surface area contributed by atoms with Crippen LogP contribution in [0.1, 0.15) is 75.8 Å². The Bertz CT molecular complexity index is 1420. The molecule has 0 saturated carbocycles. The fraction of sp³-hybridized carbons (Fsp3) is 0.514. The number of carbonyl (C=O) groups is 2. The highest BCUT2D eigenvalue weighted by Gasteiger charge is 2.26. The summed E-state index contributed by atoms with van der Waals surface area (Å²) in [5, 5.41) is 45.8. The second-order valence-electron chi connectivity index (χ2n) is 12.7. The summed E-state index contributed by atoms with van der Waals surface area (Å²) in [6, 6.07) is 15.6. The van der Waals surface area contributed by atoms with Gasteiger partial charge in [-0.3, -0.25) is 19.5 Å². The van der Waals surface area contributed by atoms with E-state index in [1.54, 1.807) is 18.3 Å². The van der Waals surface area contributed by atoms with Gasteiger partial charge >= 0.3 is 0 Å². The van der Waals surface area contributed by atoms with Gasteiger partial charge in [-0.15, -0.1) is 0 Å². The highest BCUT2D eigenvalue weighted by molar-refractivity contribution is 5.94. The maximum Gasteiger partial charge on any atom is 0.269 e. The van der Waals surface area contributed by atoms with Gasteiger partial charge in [0, 0.05) is 44.1 Å². The average molecular weight is 679 g/mol. The SMILES string of the molecule is CCCCCCN(CCNC(=O)c1ccc(CNC[C@@H](Cc2ccccc2C)Cc2nccnc2C(N)=O)cc1)C[C@@H](O)[C@H](O)[C@@H](O)CO. The highest BCUT2D eigenvalue weighted by atomic mass is 16.4. The molecule has 3 aromatic rings. The van der Waals surface area contributed by atoms with E-state index in [1.807, 2.05) is 29.2 Å². The Morgan fingerprint density at radius 2 is 1.65 bits per heavy atom. The smallest absolute Gasteiger partial charge is 0.269 e. The summed E-state index contributed by atoms with van der Waals surface area (Å²) >= 11 is 0. The minimum Gasteiger partial charge on any atom is -0.394 e. The molecule has 0 spiro atoms. The molecule has 0 aliphatic rings. The Kier molecular flexibility index (Phi) is 17.3. The molecule has 1 aromatic heterocycles. The molecule has 8 N–H and O–H groups in total. The van der Waals surface area contributed by atoms with Gasteiger partial charge in [0.05, 0.1) is 18.4 Å².